The van der Waals surface area contributed by atoms with Crippen molar-refractivity contribution in [1.29, 1.82) is 0 Å². The number of ether oxygens (including phenoxy) is 5. The van der Waals surface area contributed by atoms with Gasteiger partial charge in [0.2, 0.25) is 5.91 Å². The van der Waals surface area contributed by atoms with Crippen LogP contribution in [-0.4, -0.2) is 84.7 Å². The van der Waals surface area contributed by atoms with E-state index >= 15 is 0 Å². The van der Waals surface area contributed by atoms with E-state index in [9.17, 15) is 24.6 Å². The third-order valence-electron chi connectivity index (χ3n) is 8.17. The number of nitrogens with one attached hydrogen (secondary N) is 2. The van der Waals surface area contributed by atoms with Crippen LogP contribution in [0.4, 0.5) is 4.79 Å². The third kappa shape index (κ3) is 6.56. The molecule has 45 heavy (non-hydrogen) atoms. The number of benzene rings is 3. The molecular formula is C33H34N2O10. The highest BCUT2D eigenvalue weighted by Crippen LogP contribution is 2.44. The van der Waals surface area contributed by atoms with E-state index in [4.69, 9.17) is 23.7 Å². The lowest BCUT2D eigenvalue weighted by Crippen LogP contribution is -2.67. The molecule has 2 amide bonds. The third-order valence-corrected chi connectivity index (χ3v) is 8.17. The molecule has 0 aromatic heterocycles. The monoisotopic (exact) mass is 618 g/mol. The number of aliphatic hydroxyl groups is 1. The largest absolute Gasteiger partial charge is 0.480 e. The summed E-state index contributed by atoms with van der Waals surface area (Å²) in [6.45, 7) is 0.780. The van der Waals surface area contributed by atoms with Crippen LogP contribution in [0.3, 0.4) is 0 Å². The lowest BCUT2D eigenvalue weighted by Gasteiger charge is -2.47. The predicted octanol–water partition coefficient (Wildman–Crippen LogP) is 2.70. The van der Waals surface area contributed by atoms with Crippen molar-refractivity contribution in [1.82, 2.24) is 10.6 Å². The normalized spacial score (nSPS) is 26.1. The van der Waals surface area contributed by atoms with Crippen molar-refractivity contribution in [3.8, 4) is 11.1 Å². The van der Waals surface area contributed by atoms with E-state index in [1.807, 2.05) is 78.9 Å². The number of carbonyl (C=O) groups is 3. The predicted molar refractivity (Wildman–Crippen MR) is 158 cm³/mol. The van der Waals surface area contributed by atoms with Crippen molar-refractivity contribution in [2.45, 2.75) is 55.8 Å². The molecule has 12 heteroatoms. The maximum Gasteiger partial charge on any atom is 0.407 e. The highest BCUT2D eigenvalue weighted by Gasteiger charge is 2.50. The van der Waals surface area contributed by atoms with E-state index in [0.717, 1.165) is 27.8 Å². The van der Waals surface area contributed by atoms with Crippen LogP contribution in [-0.2, 0) is 33.3 Å². The molecule has 236 valence electrons. The highest BCUT2D eigenvalue weighted by atomic mass is 16.7. The van der Waals surface area contributed by atoms with E-state index < -0.39 is 67.6 Å². The zero-order chi connectivity index (χ0) is 31.5. The van der Waals surface area contributed by atoms with Gasteiger partial charge >= 0.3 is 12.1 Å². The number of hydrogen-bond acceptors (Lipinski definition) is 9. The van der Waals surface area contributed by atoms with Crippen molar-refractivity contribution in [3.63, 3.8) is 0 Å². The molecule has 2 saturated heterocycles. The van der Waals surface area contributed by atoms with Gasteiger partial charge in [0.05, 0.1) is 13.2 Å². The Balaban J connectivity index is 1.08. The van der Waals surface area contributed by atoms with Crippen molar-refractivity contribution in [2.24, 2.45) is 0 Å². The molecule has 3 unspecified atom stereocenters. The fourth-order valence-electron chi connectivity index (χ4n) is 6.05. The molecule has 2 heterocycles. The smallest absolute Gasteiger partial charge is 0.407 e. The molecule has 3 aliphatic rings. The zero-order valence-electron chi connectivity index (χ0n) is 24.4. The summed E-state index contributed by atoms with van der Waals surface area (Å²) in [5, 5.41) is 26.0. The van der Waals surface area contributed by atoms with E-state index in [0.29, 0.717) is 0 Å². The number of carboxylic acid groups (broad SMARTS) is 1. The van der Waals surface area contributed by atoms with Crippen LogP contribution in [0.25, 0.3) is 11.1 Å². The van der Waals surface area contributed by atoms with Crippen molar-refractivity contribution in [2.75, 3.05) is 19.8 Å². The number of carboxylic acids is 1. The number of alkyl carbamates (subject to hydrolysis) is 1. The number of hydrogen-bond donors (Lipinski definition) is 4. The molecule has 12 nitrogen and oxygen atoms in total. The van der Waals surface area contributed by atoms with Gasteiger partial charge in [0, 0.05) is 18.4 Å². The molecule has 1 aliphatic carbocycles. The summed E-state index contributed by atoms with van der Waals surface area (Å²) >= 11 is 0. The molecule has 7 atom stereocenters. The van der Waals surface area contributed by atoms with E-state index in [2.05, 4.69) is 10.6 Å². The second-order valence-electron chi connectivity index (χ2n) is 11.1. The van der Waals surface area contributed by atoms with Gasteiger partial charge in [-0.3, -0.25) is 4.79 Å². The zero-order valence-corrected chi connectivity index (χ0v) is 24.4. The SMILES string of the molecule is CC(=O)N[C@H]1[C@H](OCC(NC(=O)OCC2c3ccccc3-c3ccccc32)C(=O)O)OC2COC(c3ccccc3)O[C@H]2[C@@H]1O. The van der Waals surface area contributed by atoms with Gasteiger partial charge < -0.3 is 44.5 Å². The first-order valence-corrected chi connectivity index (χ1v) is 14.7. The number of rotatable bonds is 9. The Hall–Kier alpha value is -4.33. The Kier molecular flexibility index (Phi) is 9.10. The molecule has 0 spiro atoms. The van der Waals surface area contributed by atoms with E-state index in [1.165, 1.54) is 6.92 Å². The fraction of sp³-hybridized carbons (Fsp3) is 0.364. The number of amides is 2. The van der Waals surface area contributed by atoms with E-state index in [-0.39, 0.29) is 19.1 Å². The minimum atomic E-state index is -1.52. The molecule has 0 saturated carbocycles. The maximum absolute atomic E-state index is 12.8. The topological polar surface area (TPSA) is 162 Å². The van der Waals surface area contributed by atoms with Crippen LogP contribution in [0, 0.1) is 0 Å². The number of aliphatic carboxylic acids is 1. The minimum Gasteiger partial charge on any atom is -0.480 e. The summed E-state index contributed by atoms with van der Waals surface area (Å²) in [6.07, 6.45) is -5.86. The molecule has 3 aromatic rings. The first kappa shape index (κ1) is 30.7. The van der Waals surface area contributed by atoms with Crippen LogP contribution in [0.5, 0.6) is 0 Å². The second-order valence-corrected chi connectivity index (χ2v) is 11.1. The average molecular weight is 619 g/mol. The van der Waals surface area contributed by atoms with Crippen LogP contribution >= 0.6 is 0 Å². The minimum absolute atomic E-state index is 0.00261. The molecule has 2 fully saturated rings. The van der Waals surface area contributed by atoms with Gasteiger partial charge in [-0.05, 0) is 22.3 Å². The summed E-state index contributed by atoms with van der Waals surface area (Å²) in [4.78, 5) is 36.9. The van der Waals surface area contributed by atoms with Crippen molar-refractivity contribution in [3.05, 3.63) is 95.6 Å². The molecule has 4 N–H and O–H groups in total. The first-order valence-electron chi connectivity index (χ1n) is 14.7. The highest BCUT2D eigenvalue weighted by molar-refractivity contribution is 5.81. The Morgan fingerprint density at radius 3 is 2.22 bits per heavy atom. The maximum atomic E-state index is 12.8. The lowest BCUT2D eigenvalue weighted by atomic mass is 9.95. The summed E-state index contributed by atoms with van der Waals surface area (Å²) < 4.78 is 29.1. The van der Waals surface area contributed by atoms with Gasteiger partial charge in [-0.25, -0.2) is 9.59 Å². The van der Waals surface area contributed by atoms with Gasteiger partial charge in [-0.15, -0.1) is 0 Å². The van der Waals surface area contributed by atoms with Gasteiger partial charge in [0.25, 0.3) is 0 Å². The Morgan fingerprint density at radius 2 is 1.58 bits per heavy atom. The molecule has 2 aliphatic heterocycles. The number of fused-ring (bicyclic) bond motifs is 4. The van der Waals surface area contributed by atoms with Gasteiger partial charge in [-0.2, -0.15) is 0 Å². The molecular weight excluding hydrogens is 584 g/mol. The quantitative estimate of drug-likeness (QED) is 0.281. The summed E-state index contributed by atoms with van der Waals surface area (Å²) in [7, 11) is 0. The fourth-order valence-corrected chi connectivity index (χ4v) is 6.05. The molecule has 0 radical (unpaired) electrons. The standard InChI is InChI=1S/C33H34N2O10/c1-18(36)34-27-28(37)29-26(17-42-31(45-29)19-9-3-2-4-10-19)44-32(27)41-16-25(30(38)39)35-33(40)43-15-24-22-13-7-5-11-20(22)21-12-6-8-14-23(21)24/h2-14,24-29,31-32,37H,15-17H2,1H3,(H,34,36)(H,35,40)(H,38,39)/t25?,26?,27-,28-,29-,31?,32-/m1/s1. The van der Waals surface area contributed by atoms with Crippen molar-refractivity contribution < 1.29 is 48.3 Å². The summed E-state index contributed by atoms with van der Waals surface area (Å²) in [5.41, 5.74) is 4.92. The van der Waals surface area contributed by atoms with Crippen molar-refractivity contribution >= 4 is 18.0 Å². The van der Waals surface area contributed by atoms with Crippen LogP contribution in [0.2, 0.25) is 0 Å². The molecule has 0 bridgehead atoms. The van der Waals surface area contributed by atoms with Crippen LogP contribution < -0.4 is 10.6 Å². The molecule has 6 rings (SSSR count). The number of aliphatic hydroxyl groups excluding tert-OH is 1. The van der Waals surface area contributed by atoms with Crippen LogP contribution in [0.15, 0.2) is 78.9 Å². The van der Waals surface area contributed by atoms with Crippen LogP contribution in [0.1, 0.15) is 35.8 Å². The van der Waals surface area contributed by atoms with E-state index in [1.54, 1.807) is 0 Å². The summed E-state index contributed by atoms with van der Waals surface area (Å²) in [5.74, 6) is -2.04. The Morgan fingerprint density at radius 1 is 0.933 bits per heavy atom. The second kappa shape index (κ2) is 13.3. The van der Waals surface area contributed by atoms with Gasteiger partial charge in [0.1, 0.15) is 31.0 Å². The average Bonchev–Trinajstić information content (AvgIpc) is 3.37. The van der Waals surface area contributed by atoms with Gasteiger partial charge in [-0.1, -0.05) is 78.9 Å². The summed E-state index contributed by atoms with van der Waals surface area (Å²) in [6, 6.07) is 22.3. The first-order chi connectivity index (χ1) is 21.8. The number of carbonyl (C=O) groups excluding carboxylic acids is 2. The molecule has 3 aromatic carbocycles. The van der Waals surface area contributed by atoms with Gasteiger partial charge in [0.15, 0.2) is 18.6 Å². The lowest BCUT2D eigenvalue weighted by molar-refractivity contribution is -0.344. The Labute approximate surface area is 259 Å². The Bertz CT molecular complexity index is 1490.